The number of pyridine rings is 1. The highest BCUT2D eigenvalue weighted by Gasteiger charge is 2.18. The summed E-state index contributed by atoms with van der Waals surface area (Å²) in [6, 6.07) is 14.8. The van der Waals surface area contributed by atoms with Gasteiger partial charge in [0.1, 0.15) is 5.82 Å². The molecule has 5 rings (SSSR count). The van der Waals surface area contributed by atoms with Gasteiger partial charge in [-0.15, -0.1) is 11.3 Å². The Morgan fingerprint density at radius 2 is 1.93 bits per heavy atom. The number of nitrogens with two attached hydrogens (primary N) is 1. The summed E-state index contributed by atoms with van der Waals surface area (Å²) < 4.78 is 0. The number of fused-ring (bicyclic) bond motifs is 2. The molecular formula is C22H23N5S. The summed E-state index contributed by atoms with van der Waals surface area (Å²) in [4.78, 5) is 15.4. The van der Waals surface area contributed by atoms with Crippen molar-refractivity contribution in [3.63, 3.8) is 0 Å². The number of benzene rings is 1. The highest BCUT2D eigenvalue weighted by molar-refractivity contribution is 7.10. The Hall–Kier alpha value is -2.70. The average Bonchev–Trinajstić information content (AvgIpc) is 3.17. The van der Waals surface area contributed by atoms with E-state index in [1.54, 1.807) is 11.3 Å². The van der Waals surface area contributed by atoms with Crippen molar-refractivity contribution >= 4 is 22.9 Å². The molecule has 6 heteroatoms. The number of nitrogens with zero attached hydrogens (tertiary/aromatic N) is 4. The number of anilines is 1. The Balaban J connectivity index is 1.32. The molecule has 0 atom stereocenters. The van der Waals surface area contributed by atoms with Gasteiger partial charge in [-0.3, -0.25) is 9.89 Å². The first-order valence-corrected chi connectivity index (χ1v) is 10.5. The van der Waals surface area contributed by atoms with Crippen molar-refractivity contribution < 1.29 is 0 Å². The van der Waals surface area contributed by atoms with E-state index in [0.29, 0.717) is 6.54 Å². The van der Waals surface area contributed by atoms with E-state index in [2.05, 4.69) is 56.6 Å². The van der Waals surface area contributed by atoms with Crippen LogP contribution in [-0.4, -0.2) is 36.1 Å². The van der Waals surface area contributed by atoms with Gasteiger partial charge < -0.3 is 10.6 Å². The van der Waals surface area contributed by atoms with Gasteiger partial charge in [-0.2, -0.15) is 0 Å². The van der Waals surface area contributed by atoms with Gasteiger partial charge in [-0.25, -0.2) is 4.98 Å². The Morgan fingerprint density at radius 3 is 2.75 bits per heavy atom. The summed E-state index contributed by atoms with van der Waals surface area (Å²) in [6.07, 6.45) is 1.86. The molecule has 1 saturated heterocycles. The van der Waals surface area contributed by atoms with Crippen LogP contribution in [-0.2, 0) is 13.1 Å². The summed E-state index contributed by atoms with van der Waals surface area (Å²) in [5.74, 6) is 1.07. The SMILES string of the molecule is NC1=c2ccc(CN3CCN(c4ccccn4)CC3)cc2=NCc2sccc21. The molecule has 0 unspecified atom stereocenters. The maximum atomic E-state index is 6.45. The van der Waals surface area contributed by atoms with E-state index in [4.69, 9.17) is 10.7 Å². The van der Waals surface area contributed by atoms with E-state index in [9.17, 15) is 0 Å². The second-order valence-electron chi connectivity index (χ2n) is 7.29. The van der Waals surface area contributed by atoms with Crippen molar-refractivity contribution in [2.45, 2.75) is 13.1 Å². The number of piperazine rings is 1. The van der Waals surface area contributed by atoms with E-state index < -0.39 is 0 Å². The number of rotatable bonds is 3. The van der Waals surface area contributed by atoms with Crippen molar-refractivity contribution in [3.05, 3.63) is 80.6 Å². The molecule has 1 fully saturated rings. The lowest BCUT2D eigenvalue weighted by Crippen LogP contribution is -2.46. The fourth-order valence-electron chi connectivity index (χ4n) is 3.97. The second kappa shape index (κ2) is 7.37. The molecule has 2 aliphatic rings. The minimum absolute atomic E-state index is 0.715. The lowest BCUT2D eigenvalue weighted by Gasteiger charge is -2.35. The number of thiophene rings is 1. The molecule has 5 nitrogen and oxygen atoms in total. The molecule has 0 spiro atoms. The van der Waals surface area contributed by atoms with Crippen molar-refractivity contribution in [2.24, 2.45) is 10.7 Å². The molecule has 2 aliphatic heterocycles. The Labute approximate surface area is 168 Å². The third-order valence-electron chi connectivity index (χ3n) is 5.53. The Bertz CT molecular complexity index is 1100. The molecule has 3 aromatic rings. The van der Waals surface area contributed by atoms with Crippen molar-refractivity contribution in [2.75, 3.05) is 31.1 Å². The molecule has 0 radical (unpaired) electrons. The average molecular weight is 390 g/mol. The Morgan fingerprint density at radius 1 is 1.04 bits per heavy atom. The molecule has 28 heavy (non-hydrogen) atoms. The summed E-state index contributed by atoms with van der Waals surface area (Å²) in [5.41, 5.74) is 9.74. The summed E-state index contributed by atoms with van der Waals surface area (Å²) in [5, 5.41) is 4.17. The van der Waals surface area contributed by atoms with Crippen molar-refractivity contribution in [3.8, 4) is 0 Å². The van der Waals surface area contributed by atoms with Gasteiger partial charge in [0, 0.05) is 60.3 Å². The van der Waals surface area contributed by atoms with Gasteiger partial charge in [-0.1, -0.05) is 18.2 Å². The van der Waals surface area contributed by atoms with Gasteiger partial charge in [0.15, 0.2) is 0 Å². The number of hydrogen-bond acceptors (Lipinski definition) is 6. The quantitative estimate of drug-likeness (QED) is 0.741. The highest BCUT2D eigenvalue weighted by atomic mass is 32.1. The van der Waals surface area contributed by atoms with Gasteiger partial charge in [0.05, 0.1) is 11.9 Å². The molecule has 1 aromatic carbocycles. The fourth-order valence-corrected chi connectivity index (χ4v) is 4.79. The van der Waals surface area contributed by atoms with Gasteiger partial charge in [0.25, 0.3) is 0 Å². The molecule has 0 aliphatic carbocycles. The van der Waals surface area contributed by atoms with E-state index in [0.717, 1.165) is 60.4 Å². The van der Waals surface area contributed by atoms with Crippen LogP contribution in [0.3, 0.4) is 0 Å². The molecule has 0 bridgehead atoms. The molecule has 4 heterocycles. The topological polar surface area (TPSA) is 57.8 Å². The van der Waals surface area contributed by atoms with Crippen LogP contribution in [0.1, 0.15) is 16.0 Å². The molecule has 2 aromatic heterocycles. The van der Waals surface area contributed by atoms with Crippen LogP contribution in [0.15, 0.2) is 59.0 Å². The third kappa shape index (κ3) is 3.30. The zero-order chi connectivity index (χ0) is 18.9. The van der Waals surface area contributed by atoms with Crippen molar-refractivity contribution in [1.29, 1.82) is 0 Å². The molecule has 142 valence electrons. The summed E-state index contributed by atoms with van der Waals surface area (Å²) in [6.45, 7) is 5.75. The van der Waals surface area contributed by atoms with E-state index in [-0.39, 0.29) is 0 Å². The highest BCUT2D eigenvalue weighted by Crippen LogP contribution is 2.22. The normalized spacial score (nSPS) is 16.9. The van der Waals surface area contributed by atoms with E-state index in [1.807, 2.05) is 12.3 Å². The van der Waals surface area contributed by atoms with Crippen LogP contribution in [0.25, 0.3) is 5.70 Å². The first-order valence-electron chi connectivity index (χ1n) is 9.66. The molecule has 2 N–H and O–H groups in total. The first kappa shape index (κ1) is 17.4. The molecule has 0 amide bonds. The zero-order valence-electron chi connectivity index (χ0n) is 15.7. The monoisotopic (exact) mass is 389 g/mol. The van der Waals surface area contributed by atoms with Gasteiger partial charge in [-0.05, 0) is 35.2 Å². The maximum Gasteiger partial charge on any atom is 0.128 e. The lowest BCUT2D eigenvalue weighted by atomic mass is 10.1. The van der Waals surface area contributed by atoms with E-state index >= 15 is 0 Å². The zero-order valence-corrected chi connectivity index (χ0v) is 16.5. The summed E-state index contributed by atoms with van der Waals surface area (Å²) >= 11 is 1.73. The number of aromatic nitrogens is 1. The summed E-state index contributed by atoms with van der Waals surface area (Å²) in [7, 11) is 0. The molecular weight excluding hydrogens is 366 g/mol. The first-order chi connectivity index (χ1) is 13.8. The third-order valence-corrected chi connectivity index (χ3v) is 6.44. The number of hydrogen-bond donors (Lipinski definition) is 1. The van der Waals surface area contributed by atoms with Crippen LogP contribution in [0, 0.1) is 0 Å². The largest absolute Gasteiger partial charge is 0.398 e. The predicted octanol–water partition coefficient (Wildman–Crippen LogP) is 1.71. The van der Waals surface area contributed by atoms with Gasteiger partial charge >= 0.3 is 0 Å². The standard InChI is InChI=1S/C22H23N5S/c23-22-17-5-4-16(13-19(17)25-14-20-18(22)6-12-28-20)15-26-8-10-27(11-9-26)21-3-1-2-7-24-21/h1-7,12-13H,8-11,14-15,23H2. The maximum absolute atomic E-state index is 6.45. The van der Waals surface area contributed by atoms with Crippen LogP contribution < -0.4 is 21.2 Å². The second-order valence-corrected chi connectivity index (χ2v) is 8.29. The van der Waals surface area contributed by atoms with Crippen LogP contribution in [0.4, 0.5) is 5.82 Å². The van der Waals surface area contributed by atoms with Crippen LogP contribution in [0.5, 0.6) is 0 Å². The minimum atomic E-state index is 0.715. The fraction of sp³-hybridized carbons (Fsp3) is 0.273. The predicted molar refractivity (Wildman–Crippen MR) is 114 cm³/mol. The van der Waals surface area contributed by atoms with Crippen LogP contribution in [0.2, 0.25) is 0 Å². The Kier molecular flexibility index (Phi) is 4.58. The van der Waals surface area contributed by atoms with E-state index in [1.165, 1.54) is 10.4 Å². The van der Waals surface area contributed by atoms with Gasteiger partial charge in [0.2, 0.25) is 0 Å². The minimum Gasteiger partial charge on any atom is -0.398 e. The van der Waals surface area contributed by atoms with Crippen molar-refractivity contribution in [1.82, 2.24) is 9.88 Å². The lowest BCUT2D eigenvalue weighted by molar-refractivity contribution is 0.249. The van der Waals surface area contributed by atoms with Crippen LogP contribution >= 0.6 is 11.3 Å². The molecule has 0 saturated carbocycles. The smallest absolute Gasteiger partial charge is 0.128 e.